The molecule has 0 bridgehead atoms. The van der Waals surface area contributed by atoms with Crippen molar-refractivity contribution in [2.75, 3.05) is 13.1 Å². The van der Waals surface area contributed by atoms with E-state index in [9.17, 15) is 4.79 Å². The minimum atomic E-state index is 0.103. The van der Waals surface area contributed by atoms with Crippen molar-refractivity contribution in [3.8, 4) is 0 Å². The zero-order valence-corrected chi connectivity index (χ0v) is 13.4. The van der Waals surface area contributed by atoms with Crippen LogP contribution >= 0.6 is 0 Å². The molecule has 0 aromatic carbocycles. The highest BCUT2D eigenvalue weighted by Gasteiger charge is 2.22. The van der Waals surface area contributed by atoms with Crippen molar-refractivity contribution in [1.82, 2.24) is 10.2 Å². The SMILES string of the molecule is CCCCCN(C(C)C)C(CN)CC(=O)NC(C)C. The van der Waals surface area contributed by atoms with E-state index in [0.717, 1.165) is 6.54 Å². The maximum Gasteiger partial charge on any atom is 0.221 e. The van der Waals surface area contributed by atoms with Gasteiger partial charge in [0.2, 0.25) is 5.91 Å². The average molecular weight is 271 g/mol. The summed E-state index contributed by atoms with van der Waals surface area (Å²) in [5.41, 5.74) is 5.87. The van der Waals surface area contributed by atoms with Gasteiger partial charge in [-0.05, 0) is 40.7 Å². The standard InChI is InChI=1S/C15H33N3O/c1-6-7-8-9-18(13(4)5)14(11-16)10-15(19)17-12(2)3/h12-14H,6-11,16H2,1-5H3,(H,17,19). The molecule has 4 heteroatoms. The number of nitrogens with one attached hydrogen (secondary N) is 1. The third-order valence-corrected chi connectivity index (χ3v) is 3.29. The van der Waals surface area contributed by atoms with Crippen LogP contribution in [-0.2, 0) is 4.79 Å². The Morgan fingerprint density at radius 2 is 1.84 bits per heavy atom. The lowest BCUT2D eigenvalue weighted by molar-refractivity contribution is -0.122. The quantitative estimate of drug-likeness (QED) is 0.598. The van der Waals surface area contributed by atoms with Crippen LogP contribution in [0.4, 0.5) is 0 Å². The summed E-state index contributed by atoms with van der Waals surface area (Å²) < 4.78 is 0. The molecule has 0 aliphatic carbocycles. The van der Waals surface area contributed by atoms with Crippen molar-refractivity contribution in [3.05, 3.63) is 0 Å². The maximum atomic E-state index is 11.9. The topological polar surface area (TPSA) is 58.4 Å². The van der Waals surface area contributed by atoms with E-state index < -0.39 is 0 Å². The number of carbonyl (C=O) groups excluding carboxylic acids is 1. The lowest BCUT2D eigenvalue weighted by Gasteiger charge is -2.34. The third kappa shape index (κ3) is 8.22. The molecule has 0 aromatic rings. The maximum absolute atomic E-state index is 11.9. The summed E-state index contributed by atoms with van der Waals surface area (Å²) in [7, 11) is 0. The molecular formula is C15H33N3O. The molecule has 1 atom stereocenters. The molecule has 4 nitrogen and oxygen atoms in total. The number of carbonyl (C=O) groups is 1. The Kier molecular flexibility index (Phi) is 9.88. The molecule has 0 spiro atoms. The molecular weight excluding hydrogens is 238 g/mol. The van der Waals surface area contributed by atoms with Crippen LogP contribution in [0.25, 0.3) is 0 Å². The minimum absolute atomic E-state index is 0.103. The van der Waals surface area contributed by atoms with Crippen LogP contribution in [0.2, 0.25) is 0 Å². The first-order valence-electron chi connectivity index (χ1n) is 7.67. The highest BCUT2D eigenvalue weighted by molar-refractivity contribution is 5.76. The molecule has 114 valence electrons. The summed E-state index contributed by atoms with van der Waals surface area (Å²) in [6.45, 7) is 12.1. The Hall–Kier alpha value is -0.610. The Bertz CT molecular complexity index is 242. The van der Waals surface area contributed by atoms with E-state index in [0.29, 0.717) is 19.0 Å². The van der Waals surface area contributed by atoms with Crippen LogP contribution < -0.4 is 11.1 Å². The Morgan fingerprint density at radius 3 is 2.26 bits per heavy atom. The third-order valence-electron chi connectivity index (χ3n) is 3.29. The number of unbranched alkanes of at least 4 members (excludes halogenated alkanes) is 2. The number of amides is 1. The summed E-state index contributed by atoms with van der Waals surface area (Å²) in [4.78, 5) is 14.3. The van der Waals surface area contributed by atoms with Crippen LogP contribution in [0, 0.1) is 0 Å². The van der Waals surface area contributed by atoms with Crippen LogP contribution in [0.1, 0.15) is 60.3 Å². The second-order valence-corrected chi connectivity index (χ2v) is 5.85. The molecule has 3 N–H and O–H groups in total. The van der Waals surface area contributed by atoms with Crippen molar-refractivity contribution in [2.24, 2.45) is 5.73 Å². The van der Waals surface area contributed by atoms with Gasteiger partial charge in [-0.3, -0.25) is 9.69 Å². The number of hydrogen-bond acceptors (Lipinski definition) is 3. The van der Waals surface area contributed by atoms with E-state index >= 15 is 0 Å². The molecule has 19 heavy (non-hydrogen) atoms. The molecule has 0 rings (SSSR count). The van der Waals surface area contributed by atoms with Gasteiger partial charge in [0, 0.05) is 31.1 Å². The van der Waals surface area contributed by atoms with Crippen molar-refractivity contribution < 1.29 is 4.79 Å². The summed E-state index contributed by atoms with van der Waals surface area (Å²) in [6, 6.07) is 0.770. The zero-order chi connectivity index (χ0) is 14.8. The summed E-state index contributed by atoms with van der Waals surface area (Å²) in [5.74, 6) is 0.103. The molecule has 1 unspecified atom stereocenters. The Balaban J connectivity index is 4.43. The van der Waals surface area contributed by atoms with E-state index in [-0.39, 0.29) is 18.0 Å². The molecule has 0 radical (unpaired) electrons. The van der Waals surface area contributed by atoms with Gasteiger partial charge in [0.1, 0.15) is 0 Å². The number of hydrogen-bond donors (Lipinski definition) is 2. The highest BCUT2D eigenvalue weighted by Crippen LogP contribution is 2.11. The largest absolute Gasteiger partial charge is 0.354 e. The van der Waals surface area contributed by atoms with Gasteiger partial charge in [0.15, 0.2) is 0 Å². The van der Waals surface area contributed by atoms with Crippen molar-refractivity contribution in [2.45, 2.75) is 78.4 Å². The van der Waals surface area contributed by atoms with Crippen LogP contribution in [-0.4, -0.2) is 42.0 Å². The molecule has 0 saturated heterocycles. The van der Waals surface area contributed by atoms with Gasteiger partial charge in [-0.1, -0.05) is 19.8 Å². The Labute approximate surface area is 119 Å². The average Bonchev–Trinajstić information content (AvgIpc) is 2.31. The van der Waals surface area contributed by atoms with E-state index in [2.05, 4.69) is 31.0 Å². The number of rotatable bonds is 10. The van der Waals surface area contributed by atoms with Crippen molar-refractivity contribution >= 4 is 5.91 Å². The van der Waals surface area contributed by atoms with Gasteiger partial charge in [-0.2, -0.15) is 0 Å². The number of nitrogens with two attached hydrogens (primary N) is 1. The predicted octanol–water partition coefficient (Wildman–Crippen LogP) is 2.13. The lowest BCUT2D eigenvalue weighted by Crippen LogP contribution is -2.48. The fraction of sp³-hybridized carbons (Fsp3) is 0.933. The number of nitrogens with zero attached hydrogens (tertiary/aromatic N) is 1. The van der Waals surface area contributed by atoms with Crippen LogP contribution in [0.5, 0.6) is 0 Å². The van der Waals surface area contributed by atoms with Crippen LogP contribution in [0.15, 0.2) is 0 Å². The summed E-state index contributed by atoms with van der Waals surface area (Å²) >= 11 is 0. The smallest absolute Gasteiger partial charge is 0.221 e. The van der Waals surface area contributed by atoms with E-state index in [1.165, 1.54) is 19.3 Å². The molecule has 1 amide bonds. The van der Waals surface area contributed by atoms with Crippen molar-refractivity contribution in [3.63, 3.8) is 0 Å². The molecule has 0 heterocycles. The summed E-state index contributed by atoms with van der Waals surface area (Å²) in [5, 5.41) is 2.95. The predicted molar refractivity (Wildman–Crippen MR) is 82.1 cm³/mol. The second kappa shape index (κ2) is 10.2. The van der Waals surface area contributed by atoms with Crippen molar-refractivity contribution in [1.29, 1.82) is 0 Å². The minimum Gasteiger partial charge on any atom is -0.354 e. The van der Waals surface area contributed by atoms with Gasteiger partial charge < -0.3 is 11.1 Å². The fourth-order valence-electron chi connectivity index (χ4n) is 2.34. The van der Waals surface area contributed by atoms with E-state index in [1.54, 1.807) is 0 Å². The monoisotopic (exact) mass is 271 g/mol. The van der Waals surface area contributed by atoms with Gasteiger partial charge in [0.25, 0.3) is 0 Å². The van der Waals surface area contributed by atoms with Gasteiger partial charge >= 0.3 is 0 Å². The second-order valence-electron chi connectivity index (χ2n) is 5.85. The normalized spacial score (nSPS) is 13.3. The van der Waals surface area contributed by atoms with Crippen LogP contribution in [0.3, 0.4) is 0 Å². The Morgan fingerprint density at radius 1 is 1.21 bits per heavy atom. The molecule has 0 fully saturated rings. The molecule has 0 aliphatic rings. The first-order chi connectivity index (χ1) is 8.92. The van der Waals surface area contributed by atoms with Gasteiger partial charge in [-0.25, -0.2) is 0 Å². The molecule has 0 aliphatic heterocycles. The molecule has 0 aromatic heterocycles. The van der Waals surface area contributed by atoms with Gasteiger partial charge in [-0.15, -0.1) is 0 Å². The van der Waals surface area contributed by atoms with E-state index in [1.807, 2.05) is 13.8 Å². The highest BCUT2D eigenvalue weighted by atomic mass is 16.1. The lowest BCUT2D eigenvalue weighted by atomic mass is 10.1. The fourth-order valence-corrected chi connectivity index (χ4v) is 2.34. The molecule has 0 saturated carbocycles. The first kappa shape index (κ1) is 18.4. The van der Waals surface area contributed by atoms with Gasteiger partial charge in [0.05, 0.1) is 0 Å². The summed E-state index contributed by atoms with van der Waals surface area (Å²) in [6.07, 6.45) is 4.13. The zero-order valence-electron chi connectivity index (χ0n) is 13.4. The van der Waals surface area contributed by atoms with E-state index in [4.69, 9.17) is 5.73 Å². The first-order valence-corrected chi connectivity index (χ1v) is 7.67.